The minimum Gasteiger partial charge on any atom is -0.0844 e. The highest BCUT2D eigenvalue weighted by Crippen LogP contribution is 2.67. The maximum absolute atomic E-state index is 2.75. The summed E-state index contributed by atoms with van der Waals surface area (Å²) < 4.78 is 0.891. The van der Waals surface area contributed by atoms with E-state index in [1.807, 2.05) is 5.57 Å². The molecule has 0 nitrogen and oxygen atoms in total. The maximum atomic E-state index is 2.75. The predicted molar refractivity (Wildman–Crippen MR) is 140 cm³/mol. The summed E-state index contributed by atoms with van der Waals surface area (Å²) in [5.74, 6) is 6.66. The number of hydrogen-bond acceptors (Lipinski definition) is 0. The lowest BCUT2D eigenvalue weighted by Gasteiger charge is -2.58. The number of fused-ring (bicyclic) bond motifs is 5. The van der Waals surface area contributed by atoms with Gasteiger partial charge < -0.3 is 0 Å². The van der Waals surface area contributed by atoms with Crippen LogP contribution in [0.3, 0.4) is 0 Å². The smallest absolute Gasteiger partial charge is 0.0147 e. The van der Waals surface area contributed by atoms with Crippen LogP contribution in [0.2, 0.25) is 0 Å². The van der Waals surface area contributed by atoms with Crippen LogP contribution in [0.25, 0.3) is 0 Å². The van der Waals surface area contributed by atoms with Crippen LogP contribution in [-0.4, -0.2) is 3.92 Å². The normalized spacial score (nSPS) is 45.3. The molecule has 0 spiro atoms. The molecule has 0 radical (unpaired) electrons. The van der Waals surface area contributed by atoms with Crippen LogP contribution in [0.5, 0.6) is 0 Å². The van der Waals surface area contributed by atoms with Gasteiger partial charge in [0.15, 0.2) is 0 Å². The van der Waals surface area contributed by atoms with Gasteiger partial charge in [0.05, 0.1) is 0 Å². The van der Waals surface area contributed by atoms with Gasteiger partial charge in [-0.2, -0.15) is 0 Å². The molecule has 3 saturated carbocycles. The van der Waals surface area contributed by atoms with Crippen molar-refractivity contribution in [3.63, 3.8) is 0 Å². The van der Waals surface area contributed by atoms with Crippen molar-refractivity contribution in [3.05, 3.63) is 11.6 Å². The van der Waals surface area contributed by atoms with Crippen LogP contribution in [-0.2, 0) is 0 Å². The molecule has 30 heavy (non-hydrogen) atoms. The van der Waals surface area contributed by atoms with Gasteiger partial charge in [-0.1, -0.05) is 88.6 Å². The van der Waals surface area contributed by atoms with Crippen LogP contribution >= 0.6 is 22.6 Å². The molecule has 9 atom stereocenters. The van der Waals surface area contributed by atoms with Gasteiger partial charge >= 0.3 is 0 Å². The zero-order valence-electron chi connectivity index (χ0n) is 20.9. The van der Waals surface area contributed by atoms with E-state index in [0.29, 0.717) is 10.8 Å². The van der Waals surface area contributed by atoms with Crippen LogP contribution < -0.4 is 0 Å². The summed E-state index contributed by atoms with van der Waals surface area (Å²) in [4.78, 5) is 0. The standard InChI is InChI=1S/C29H49I/c1-7-21(19(2)3)9-8-20(4)25-12-13-26-24-11-10-22-18-23(30)14-16-28(22,5)27(24)15-17-29(25,26)6/h10,19-21,23-27H,7-9,11-18H2,1-6H3. The lowest BCUT2D eigenvalue weighted by atomic mass is 9.47. The van der Waals surface area contributed by atoms with E-state index >= 15 is 0 Å². The first-order valence-electron chi connectivity index (χ1n) is 13.5. The summed E-state index contributed by atoms with van der Waals surface area (Å²) in [6, 6.07) is 0. The molecular weight excluding hydrogens is 475 g/mol. The predicted octanol–water partition coefficient (Wildman–Crippen LogP) is 9.47. The van der Waals surface area contributed by atoms with Crippen molar-refractivity contribution < 1.29 is 0 Å². The van der Waals surface area contributed by atoms with Crippen molar-refractivity contribution in [2.75, 3.05) is 0 Å². The number of allylic oxidation sites excluding steroid dienone is 2. The molecule has 4 aliphatic carbocycles. The van der Waals surface area contributed by atoms with Crippen LogP contribution in [0.4, 0.5) is 0 Å². The van der Waals surface area contributed by atoms with Gasteiger partial charge in [0.25, 0.3) is 0 Å². The highest BCUT2D eigenvalue weighted by atomic mass is 127. The highest BCUT2D eigenvalue weighted by molar-refractivity contribution is 14.1. The van der Waals surface area contributed by atoms with Gasteiger partial charge in [0.2, 0.25) is 0 Å². The first-order chi connectivity index (χ1) is 14.2. The summed E-state index contributed by atoms with van der Waals surface area (Å²) >= 11 is 2.71. The fourth-order valence-electron chi connectivity index (χ4n) is 9.28. The van der Waals surface area contributed by atoms with Crippen molar-refractivity contribution in [1.82, 2.24) is 0 Å². The molecule has 0 bridgehead atoms. The first kappa shape index (κ1) is 23.6. The molecule has 3 fully saturated rings. The third-order valence-corrected chi connectivity index (χ3v) is 12.3. The summed E-state index contributed by atoms with van der Waals surface area (Å²) in [6.45, 7) is 15.3. The molecule has 9 unspecified atom stereocenters. The molecule has 0 aromatic carbocycles. The van der Waals surface area contributed by atoms with Gasteiger partial charge in [-0.25, -0.2) is 0 Å². The Hall–Kier alpha value is 0.470. The average Bonchev–Trinajstić information content (AvgIpc) is 3.06. The molecule has 0 N–H and O–H groups in total. The van der Waals surface area contributed by atoms with Gasteiger partial charge in [0, 0.05) is 3.92 Å². The second-order valence-electron chi connectivity index (χ2n) is 12.8. The summed E-state index contributed by atoms with van der Waals surface area (Å²) in [5, 5.41) is 0. The fraction of sp³-hybridized carbons (Fsp3) is 0.931. The summed E-state index contributed by atoms with van der Waals surface area (Å²) in [7, 11) is 0. The second kappa shape index (κ2) is 9.02. The van der Waals surface area contributed by atoms with Crippen molar-refractivity contribution in [1.29, 1.82) is 0 Å². The topological polar surface area (TPSA) is 0 Å². The van der Waals surface area contributed by atoms with Crippen molar-refractivity contribution in [3.8, 4) is 0 Å². The molecule has 0 aromatic rings. The Morgan fingerprint density at radius 3 is 2.47 bits per heavy atom. The number of halogens is 1. The third kappa shape index (κ3) is 3.98. The molecule has 1 heteroatoms. The van der Waals surface area contributed by atoms with E-state index in [-0.39, 0.29) is 0 Å². The lowest BCUT2D eigenvalue weighted by molar-refractivity contribution is -0.0498. The number of rotatable bonds is 6. The molecule has 0 aliphatic heterocycles. The fourth-order valence-corrected chi connectivity index (χ4v) is 10.1. The molecule has 0 heterocycles. The quantitative estimate of drug-likeness (QED) is 0.184. The van der Waals surface area contributed by atoms with Crippen LogP contribution in [0, 0.1) is 52.3 Å². The SMILES string of the molecule is CCC(CCC(C)C1CCC2C3CC=C4CC(I)CCC4(C)C3CCC12C)C(C)C. The van der Waals surface area contributed by atoms with E-state index in [1.54, 1.807) is 0 Å². The molecular formula is C29H49I. The van der Waals surface area contributed by atoms with E-state index in [9.17, 15) is 0 Å². The number of alkyl halides is 1. The second-order valence-corrected chi connectivity index (χ2v) is 14.6. The molecule has 0 amide bonds. The van der Waals surface area contributed by atoms with Gasteiger partial charge in [-0.05, 0) is 110 Å². The summed E-state index contributed by atoms with van der Waals surface area (Å²) in [5.41, 5.74) is 3.03. The average molecular weight is 525 g/mol. The Kier molecular flexibility index (Phi) is 7.10. The van der Waals surface area contributed by atoms with Gasteiger partial charge in [-0.15, -0.1) is 0 Å². The van der Waals surface area contributed by atoms with E-state index in [0.717, 1.165) is 45.3 Å². The molecule has 172 valence electrons. The Bertz CT molecular complexity index is 634. The van der Waals surface area contributed by atoms with Crippen LogP contribution in [0.15, 0.2) is 11.6 Å². The van der Waals surface area contributed by atoms with Gasteiger partial charge in [-0.3, -0.25) is 0 Å². The highest BCUT2D eigenvalue weighted by Gasteiger charge is 2.59. The zero-order chi connectivity index (χ0) is 21.7. The zero-order valence-corrected chi connectivity index (χ0v) is 23.0. The Balaban J connectivity index is 1.47. The third-order valence-electron chi connectivity index (χ3n) is 11.3. The van der Waals surface area contributed by atoms with Gasteiger partial charge in [0.1, 0.15) is 0 Å². The molecule has 0 aromatic heterocycles. The number of hydrogen-bond donors (Lipinski definition) is 0. The van der Waals surface area contributed by atoms with Crippen molar-refractivity contribution in [2.45, 2.75) is 116 Å². The largest absolute Gasteiger partial charge is 0.0844 e. The maximum Gasteiger partial charge on any atom is 0.0147 e. The van der Waals surface area contributed by atoms with Crippen LogP contribution in [0.1, 0.15) is 112 Å². The Morgan fingerprint density at radius 1 is 1.00 bits per heavy atom. The molecule has 0 saturated heterocycles. The first-order valence-corrected chi connectivity index (χ1v) is 14.8. The molecule has 4 aliphatic rings. The minimum atomic E-state index is 0.543. The van der Waals surface area contributed by atoms with Crippen molar-refractivity contribution >= 4 is 22.6 Å². The minimum absolute atomic E-state index is 0.543. The monoisotopic (exact) mass is 524 g/mol. The van der Waals surface area contributed by atoms with Crippen molar-refractivity contribution in [2.24, 2.45) is 52.3 Å². The van der Waals surface area contributed by atoms with E-state index in [2.05, 4.69) is 70.2 Å². The van der Waals surface area contributed by atoms with E-state index in [1.165, 1.54) is 70.6 Å². The molecule has 4 rings (SSSR count). The Labute approximate surface area is 202 Å². The summed E-state index contributed by atoms with van der Waals surface area (Å²) in [6.07, 6.45) is 18.8. The lowest BCUT2D eigenvalue weighted by Crippen LogP contribution is -2.50. The Morgan fingerprint density at radius 2 is 1.77 bits per heavy atom. The van der Waals surface area contributed by atoms with E-state index < -0.39 is 0 Å². The van der Waals surface area contributed by atoms with E-state index in [4.69, 9.17) is 0 Å².